The second-order valence-corrected chi connectivity index (χ2v) is 9.84. The maximum atomic E-state index is 15.3. The first-order chi connectivity index (χ1) is 18.5. The molecule has 2 aromatic carbocycles. The summed E-state index contributed by atoms with van der Waals surface area (Å²) in [5.74, 6) is -2.33. The summed E-state index contributed by atoms with van der Waals surface area (Å²) in [5, 5.41) is 6.41. The molecule has 39 heavy (non-hydrogen) atoms. The van der Waals surface area contributed by atoms with E-state index in [-0.39, 0.29) is 64.0 Å². The summed E-state index contributed by atoms with van der Waals surface area (Å²) in [6, 6.07) is 8.28. The van der Waals surface area contributed by atoms with Gasteiger partial charge >= 0.3 is 0 Å². The molecule has 1 aliphatic heterocycles. The predicted octanol–water partition coefficient (Wildman–Crippen LogP) is 5.70. The number of methoxy groups -OCH3 is 1. The van der Waals surface area contributed by atoms with Gasteiger partial charge in [0.05, 0.1) is 31.4 Å². The van der Waals surface area contributed by atoms with Crippen molar-refractivity contribution in [1.29, 1.82) is 0 Å². The number of alkyl halides is 2. The lowest BCUT2D eigenvalue weighted by atomic mass is 9.83. The highest BCUT2D eigenvalue weighted by Gasteiger charge is 2.47. The number of nitrogens with one attached hydrogen (secondary N) is 1. The van der Waals surface area contributed by atoms with Gasteiger partial charge in [-0.1, -0.05) is 42.3 Å². The van der Waals surface area contributed by atoms with Crippen LogP contribution in [0.5, 0.6) is 11.6 Å². The van der Waals surface area contributed by atoms with E-state index in [0.29, 0.717) is 5.56 Å². The molecular formula is C26H23Cl2F3N2O6. The number of hydrogen-bond acceptors (Lipinski definition) is 7. The van der Waals surface area contributed by atoms with E-state index in [0.717, 1.165) is 0 Å². The van der Waals surface area contributed by atoms with Gasteiger partial charge < -0.3 is 24.1 Å². The number of carbonyl (C=O) groups excluding carboxylic acids is 2. The fraction of sp³-hybridized carbons (Fsp3) is 0.346. The fourth-order valence-electron chi connectivity index (χ4n) is 4.10. The Balaban J connectivity index is 1.51. The second-order valence-electron chi connectivity index (χ2n) is 8.99. The van der Waals surface area contributed by atoms with Crippen LogP contribution in [0.4, 0.5) is 13.2 Å². The van der Waals surface area contributed by atoms with Crippen molar-refractivity contribution < 1.29 is 41.5 Å². The van der Waals surface area contributed by atoms with Crippen molar-refractivity contribution in [1.82, 2.24) is 10.5 Å². The molecule has 13 heteroatoms. The van der Waals surface area contributed by atoms with Crippen LogP contribution in [0.3, 0.4) is 0 Å². The molecule has 1 N–H and O–H groups in total. The van der Waals surface area contributed by atoms with Gasteiger partial charge in [0.2, 0.25) is 5.76 Å². The molecule has 0 saturated carbocycles. The highest BCUT2D eigenvalue weighted by molar-refractivity contribution is 6.36. The molecular weight excluding hydrogens is 564 g/mol. The zero-order valence-corrected chi connectivity index (χ0v) is 22.2. The third kappa shape index (κ3) is 6.32. The summed E-state index contributed by atoms with van der Waals surface area (Å²) in [4.78, 5) is 25.8. The van der Waals surface area contributed by atoms with E-state index in [2.05, 4.69) is 10.5 Å². The summed E-state index contributed by atoms with van der Waals surface area (Å²) in [7, 11) is 1.36. The van der Waals surface area contributed by atoms with Gasteiger partial charge in [-0.2, -0.15) is 0 Å². The van der Waals surface area contributed by atoms with Crippen LogP contribution >= 0.6 is 23.2 Å². The predicted molar refractivity (Wildman–Crippen MR) is 135 cm³/mol. The summed E-state index contributed by atoms with van der Waals surface area (Å²) in [5.41, 5.74) is -0.533. The standard InChI is InChI=1S/C26H23Cl2F3N2O6/c1-13(5-21(34)26(11-37-12-26)32-25(35)20-9-23(36-2)33-39-20)16-4-3-14(6-19(16)29)17-7-15(27)8-18(28)24(17)38-10-22(30)31/h3-4,6-9,13,22H,5,10-12H2,1-2H3,(H,32,35)/t13-/m0/s1. The molecule has 1 amide bonds. The minimum absolute atomic E-state index is 0.000403. The zero-order chi connectivity index (χ0) is 28.3. The third-order valence-electron chi connectivity index (χ3n) is 6.20. The van der Waals surface area contributed by atoms with Crippen molar-refractivity contribution in [3.8, 4) is 22.8 Å². The average molecular weight is 587 g/mol. The van der Waals surface area contributed by atoms with Gasteiger partial charge in [-0.15, -0.1) is 0 Å². The third-order valence-corrected chi connectivity index (χ3v) is 6.70. The molecule has 0 unspecified atom stereocenters. The van der Waals surface area contributed by atoms with Gasteiger partial charge in [0.1, 0.15) is 23.7 Å². The molecule has 1 saturated heterocycles. The van der Waals surface area contributed by atoms with Gasteiger partial charge in [0.25, 0.3) is 18.2 Å². The van der Waals surface area contributed by atoms with Gasteiger partial charge in [-0.25, -0.2) is 13.2 Å². The van der Waals surface area contributed by atoms with Crippen LogP contribution in [0.15, 0.2) is 40.9 Å². The first-order valence-electron chi connectivity index (χ1n) is 11.7. The maximum absolute atomic E-state index is 15.3. The number of ketones is 1. The number of rotatable bonds is 11. The van der Waals surface area contributed by atoms with Crippen molar-refractivity contribution in [2.75, 3.05) is 26.9 Å². The number of benzene rings is 2. The lowest BCUT2D eigenvalue weighted by Crippen LogP contribution is -2.67. The average Bonchev–Trinajstić information content (AvgIpc) is 3.34. The molecule has 0 radical (unpaired) electrons. The number of Topliss-reactive ketones (excluding diaryl/α,β-unsaturated/α-hetero) is 1. The Labute approximate surface area is 231 Å². The molecule has 0 aliphatic carbocycles. The highest BCUT2D eigenvalue weighted by Crippen LogP contribution is 2.40. The number of amides is 1. The van der Waals surface area contributed by atoms with E-state index in [4.69, 9.17) is 41.9 Å². The largest absolute Gasteiger partial charge is 0.485 e. The number of halogens is 5. The number of ether oxygens (including phenoxy) is 3. The minimum atomic E-state index is -2.74. The highest BCUT2D eigenvalue weighted by atomic mass is 35.5. The number of nitrogens with zero attached hydrogens (tertiary/aromatic N) is 1. The Morgan fingerprint density at radius 2 is 1.92 bits per heavy atom. The summed E-state index contributed by atoms with van der Waals surface area (Å²) in [6.45, 7) is 0.668. The second kappa shape index (κ2) is 11.8. The smallest absolute Gasteiger partial charge is 0.290 e. The van der Waals surface area contributed by atoms with Crippen LogP contribution in [-0.4, -0.2) is 55.7 Å². The molecule has 1 atom stereocenters. The van der Waals surface area contributed by atoms with Crippen LogP contribution in [0.1, 0.15) is 35.4 Å². The maximum Gasteiger partial charge on any atom is 0.290 e. The van der Waals surface area contributed by atoms with E-state index in [9.17, 15) is 18.4 Å². The zero-order valence-electron chi connectivity index (χ0n) is 20.7. The molecule has 2 heterocycles. The molecule has 3 aromatic rings. The molecule has 1 aromatic heterocycles. The SMILES string of the molecule is COc1cc(C(=O)NC2(C(=O)C[C@H](C)c3ccc(-c4cc(Cl)cc(Cl)c4OCC(F)F)cc3F)COC2)on1. The van der Waals surface area contributed by atoms with Crippen LogP contribution in [-0.2, 0) is 9.53 Å². The molecule has 1 aliphatic rings. The van der Waals surface area contributed by atoms with Crippen molar-refractivity contribution in [2.24, 2.45) is 0 Å². The van der Waals surface area contributed by atoms with E-state index in [1.165, 1.54) is 37.4 Å². The molecule has 0 bridgehead atoms. The van der Waals surface area contributed by atoms with Gasteiger partial charge in [0, 0.05) is 17.0 Å². The quantitative estimate of drug-likeness (QED) is 0.307. The van der Waals surface area contributed by atoms with E-state index in [1.54, 1.807) is 13.0 Å². The van der Waals surface area contributed by atoms with Crippen molar-refractivity contribution in [3.05, 3.63) is 63.6 Å². The lowest BCUT2D eigenvalue weighted by Gasteiger charge is -2.40. The molecule has 8 nitrogen and oxygen atoms in total. The topological polar surface area (TPSA) is 99.9 Å². The lowest BCUT2D eigenvalue weighted by molar-refractivity contribution is -0.144. The van der Waals surface area contributed by atoms with E-state index >= 15 is 4.39 Å². The molecule has 4 rings (SSSR count). The Morgan fingerprint density at radius 1 is 1.18 bits per heavy atom. The monoisotopic (exact) mass is 586 g/mol. The van der Waals surface area contributed by atoms with Gasteiger partial charge in [-0.05, 0) is 40.4 Å². The molecule has 208 valence electrons. The Bertz CT molecular complexity index is 1380. The van der Waals surface area contributed by atoms with Crippen LogP contribution in [0.25, 0.3) is 11.1 Å². The summed E-state index contributed by atoms with van der Waals surface area (Å²) >= 11 is 12.2. The van der Waals surface area contributed by atoms with E-state index in [1.807, 2.05) is 0 Å². The van der Waals surface area contributed by atoms with Gasteiger partial charge in [-0.3, -0.25) is 9.59 Å². The number of hydrogen-bond donors (Lipinski definition) is 1. The first kappa shape index (κ1) is 28.7. The summed E-state index contributed by atoms with van der Waals surface area (Å²) in [6.07, 6.45) is -2.85. The minimum Gasteiger partial charge on any atom is -0.485 e. The van der Waals surface area contributed by atoms with Crippen LogP contribution < -0.4 is 14.8 Å². The fourth-order valence-corrected chi connectivity index (χ4v) is 4.64. The molecule has 0 spiro atoms. The van der Waals surface area contributed by atoms with Crippen LogP contribution in [0.2, 0.25) is 10.0 Å². The number of aromatic nitrogens is 1. The summed E-state index contributed by atoms with van der Waals surface area (Å²) < 4.78 is 60.9. The Hall–Kier alpha value is -3.28. The van der Waals surface area contributed by atoms with E-state index < -0.39 is 36.2 Å². The van der Waals surface area contributed by atoms with Crippen molar-refractivity contribution in [2.45, 2.75) is 31.2 Å². The first-order valence-corrected chi connectivity index (χ1v) is 12.4. The Kier molecular flexibility index (Phi) is 8.73. The molecule has 1 fully saturated rings. The number of carbonyl (C=O) groups is 2. The normalized spacial score (nSPS) is 15.0. The van der Waals surface area contributed by atoms with Gasteiger partial charge in [0.15, 0.2) is 5.78 Å². The van der Waals surface area contributed by atoms with Crippen LogP contribution in [0, 0.1) is 5.82 Å². The Morgan fingerprint density at radius 3 is 2.51 bits per heavy atom. The van der Waals surface area contributed by atoms with Crippen molar-refractivity contribution in [3.63, 3.8) is 0 Å². The van der Waals surface area contributed by atoms with Crippen molar-refractivity contribution >= 4 is 34.9 Å².